The SMILES string of the molecule is CCCCCCCC/C=C\CCCCCCCC(=O)OC(CCCCCCCCCCCC)CCCCCCC(=O)O. The lowest BCUT2D eigenvalue weighted by Gasteiger charge is -2.18. The van der Waals surface area contributed by atoms with Gasteiger partial charge in [-0.25, -0.2) is 0 Å². The number of hydrogen-bond acceptors (Lipinski definition) is 3. The number of unbranched alkanes of at least 4 members (excludes halogenated alkanes) is 23. The second-order valence-corrected chi connectivity index (χ2v) is 12.8. The van der Waals surface area contributed by atoms with Crippen molar-refractivity contribution in [3.63, 3.8) is 0 Å². The first kappa shape index (κ1) is 40.7. The molecule has 0 amide bonds. The molecular weight excluding hydrogens is 520 g/mol. The van der Waals surface area contributed by atoms with Gasteiger partial charge < -0.3 is 9.84 Å². The summed E-state index contributed by atoms with van der Waals surface area (Å²) in [7, 11) is 0. The number of carboxylic acids is 1. The lowest BCUT2D eigenvalue weighted by atomic mass is 10.0. The smallest absolute Gasteiger partial charge is 0.306 e. The minimum absolute atomic E-state index is 0.0180. The summed E-state index contributed by atoms with van der Waals surface area (Å²) in [6.07, 6.45) is 40.8. The first-order valence-corrected chi connectivity index (χ1v) is 18.7. The number of allylic oxidation sites excluding steroid dienone is 2. The van der Waals surface area contributed by atoms with Gasteiger partial charge in [0.25, 0.3) is 0 Å². The quantitative estimate of drug-likeness (QED) is 0.0458. The molecule has 0 aromatic carbocycles. The molecule has 4 heteroatoms. The van der Waals surface area contributed by atoms with Gasteiger partial charge in [0.2, 0.25) is 0 Å². The molecule has 0 aromatic heterocycles. The van der Waals surface area contributed by atoms with Crippen molar-refractivity contribution >= 4 is 11.9 Å². The topological polar surface area (TPSA) is 63.6 Å². The Labute approximate surface area is 262 Å². The maximum absolute atomic E-state index is 12.6. The lowest BCUT2D eigenvalue weighted by molar-refractivity contribution is -0.150. The molecular formula is C38H72O4. The van der Waals surface area contributed by atoms with Gasteiger partial charge in [-0.2, -0.15) is 0 Å². The van der Waals surface area contributed by atoms with Crippen molar-refractivity contribution in [2.75, 3.05) is 0 Å². The van der Waals surface area contributed by atoms with E-state index in [1.54, 1.807) is 0 Å². The molecule has 0 aliphatic carbocycles. The molecule has 1 atom stereocenters. The summed E-state index contributed by atoms with van der Waals surface area (Å²) in [4.78, 5) is 23.3. The summed E-state index contributed by atoms with van der Waals surface area (Å²) in [5, 5.41) is 8.82. The van der Waals surface area contributed by atoms with Crippen LogP contribution in [0.2, 0.25) is 0 Å². The fourth-order valence-corrected chi connectivity index (χ4v) is 5.71. The van der Waals surface area contributed by atoms with Gasteiger partial charge in [-0.05, 0) is 64.2 Å². The molecule has 0 spiro atoms. The zero-order chi connectivity index (χ0) is 30.8. The molecule has 0 aliphatic heterocycles. The van der Waals surface area contributed by atoms with Gasteiger partial charge in [0.1, 0.15) is 6.10 Å². The maximum Gasteiger partial charge on any atom is 0.306 e. The Morgan fingerprint density at radius 3 is 1.29 bits per heavy atom. The number of carbonyl (C=O) groups excluding carboxylic acids is 1. The van der Waals surface area contributed by atoms with Crippen LogP contribution in [-0.2, 0) is 14.3 Å². The van der Waals surface area contributed by atoms with E-state index in [1.165, 1.54) is 128 Å². The van der Waals surface area contributed by atoms with Crippen molar-refractivity contribution in [3.05, 3.63) is 12.2 Å². The van der Waals surface area contributed by atoms with Crippen molar-refractivity contribution in [3.8, 4) is 0 Å². The van der Waals surface area contributed by atoms with Crippen LogP contribution in [0, 0.1) is 0 Å². The third-order valence-corrected chi connectivity index (χ3v) is 8.49. The minimum Gasteiger partial charge on any atom is -0.481 e. The Balaban J connectivity index is 3.97. The summed E-state index contributed by atoms with van der Waals surface area (Å²) in [5.74, 6) is -0.728. The zero-order valence-corrected chi connectivity index (χ0v) is 28.3. The molecule has 0 saturated heterocycles. The van der Waals surface area contributed by atoms with Crippen LogP contribution in [0.3, 0.4) is 0 Å². The van der Waals surface area contributed by atoms with Gasteiger partial charge >= 0.3 is 11.9 Å². The van der Waals surface area contributed by atoms with Crippen LogP contribution in [0.15, 0.2) is 12.2 Å². The first-order valence-electron chi connectivity index (χ1n) is 18.7. The fraction of sp³-hybridized carbons (Fsp3) is 0.895. The third-order valence-electron chi connectivity index (χ3n) is 8.49. The number of hydrogen-bond donors (Lipinski definition) is 1. The molecule has 42 heavy (non-hydrogen) atoms. The van der Waals surface area contributed by atoms with Crippen LogP contribution in [0.4, 0.5) is 0 Å². The maximum atomic E-state index is 12.6. The Morgan fingerprint density at radius 2 is 0.857 bits per heavy atom. The van der Waals surface area contributed by atoms with Crippen molar-refractivity contribution < 1.29 is 19.4 Å². The number of aliphatic carboxylic acids is 1. The van der Waals surface area contributed by atoms with Crippen LogP contribution in [-0.4, -0.2) is 23.1 Å². The first-order chi connectivity index (χ1) is 20.6. The van der Waals surface area contributed by atoms with Gasteiger partial charge in [0.15, 0.2) is 0 Å². The van der Waals surface area contributed by atoms with E-state index < -0.39 is 5.97 Å². The second kappa shape index (κ2) is 34.2. The highest BCUT2D eigenvalue weighted by Gasteiger charge is 2.14. The summed E-state index contributed by atoms with van der Waals surface area (Å²) in [6, 6.07) is 0. The molecule has 1 N–H and O–H groups in total. The molecule has 0 fully saturated rings. The minimum atomic E-state index is -0.710. The number of carbonyl (C=O) groups is 2. The van der Waals surface area contributed by atoms with E-state index >= 15 is 0 Å². The number of carboxylic acid groups (broad SMARTS) is 1. The molecule has 1 unspecified atom stereocenters. The highest BCUT2D eigenvalue weighted by atomic mass is 16.5. The Morgan fingerprint density at radius 1 is 0.500 bits per heavy atom. The highest BCUT2D eigenvalue weighted by molar-refractivity contribution is 5.69. The molecule has 0 bridgehead atoms. The Bertz CT molecular complexity index is 600. The van der Waals surface area contributed by atoms with Crippen LogP contribution in [0.5, 0.6) is 0 Å². The summed E-state index contributed by atoms with van der Waals surface area (Å²) in [5.41, 5.74) is 0. The number of ether oxygens (including phenoxy) is 1. The van der Waals surface area contributed by atoms with E-state index in [-0.39, 0.29) is 18.5 Å². The van der Waals surface area contributed by atoms with Crippen molar-refractivity contribution in [2.24, 2.45) is 0 Å². The van der Waals surface area contributed by atoms with E-state index in [0.717, 1.165) is 57.8 Å². The van der Waals surface area contributed by atoms with E-state index in [9.17, 15) is 9.59 Å². The molecule has 0 saturated carbocycles. The number of rotatable bonds is 34. The summed E-state index contributed by atoms with van der Waals surface area (Å²) in [6.45, 7) is 4.54. The molecule has 248 valence electrons. The van der Waals surface area contributed by atoms with Crippen LogP contribution >= 0.6 is 0 Å². The van der Waals surface area contributed by atoms with Crippen molar-refractivity contribution in [1.29, 1.82) is 0 Å². The van der Waals surface area contributed by atoms with E-state index in [0.29, 0.717) is 6.42 Å². The largest absolute Gasteiger partial charge is 0.481 e. The molecule has 0 aromatic rings. The predicted octanol–water partition coefficient (Wildman–Crippen LogP) is 12.7. The highest BCUT2D eigenvalue weighted by Crippen LogP contribution is 2.19. The average Bonchev–Trinajstić information content (AvgIpc) is 2.97. The van der Waals surface area contributed by atoms with Crippen LogP contribution in [0.25, 0.3) is 0 Å². The van der Waals surface area contributed by atoms with Gasteiger partial charge in [-0.1, -0.05) is 148 Å². The van der Waals surface area contributed by atoms with Gasteiger partial charge in [0.05, 0.1) is 0 Å². The van der Waals surface area contributed by atoms with Gasteiger partial charge in [-0.3, -0.25) is 9.59 Å². The third kappa shape index (κ3) is 33.2. The van der Waals surface area contributed by atoms with Crippen LogP contribution < -0.4 is 0 Å². The molecule has 0 rings (SSSR count). The molecule has 4 nitrogen and oxygen atoms in total. The van der Waals surface area contributed by atoms with E-state index in [1.807, 2.05) is 0 Å². The van der Waals surface area contributed by atoms with Crippen molar-refractivity contribution in [2.45, 2.75) is 219 Å². The summed E-state index contributed by atoms with van der Waals surface area (Å²) < 4.78 is 5.95. The average molecular weight is 593 g/mol. The molecule has 0 radical (unpaired) electrons. The predicted molar refractivity (Wildman–Crippen MR) is 181 cm³/mol. The second-order valence-electron chi connectivity index (χ2n) is 12.8. The summed E-state index contributed by atoms with van der Waals surface area (Å²) >= 11 is 0. The fourth-order valence-electron chi connectivity index (χ4n) is 5.71. The number of esters is 1. The van der Waals surface area contributed by atoms with Crippen LogP contribution in [0.1, 0.15) is 213 Å². The molecule has 0 aliphatic rings. The standard InChI is InChI=1S/C38H72O4/c1-3-5-7-9-11-13-15-16-17-18-19-21-23-25-31-35-38(41)42-36(33-29-26-27-30-34-37(39)40)32-28-24-22-20-14-12-10-8-6-4-2/h16-17,36H,3-15,18-35H2,1-2H3,(H,39,40)/b17-16-. The molecule has 0 heterocycles. The van der Waals surface area contributed by atoms with Crippen molar-refractivity contribution in [1.82, 2.24) is 0 Å². The Kier molecular flexibility index (Phi) is 33.1. The zero-order valence-electron chi connectivity index (χ0n) is 28.3. The van der Waals surface area contributed by atoms with E-state index in [4.69, 9.17) is 9.84 Å². The van der Waals surface area contributed by atoms with Gasteiger partial charge in [-0.15, -0.1) is 0 Å². The van der Waals surface area contributed by atoms with Gasteiger partial charge in [0, 0.05) is 12.8 Å². The lowest BCUT2D eigenvalue weighted by Crippen LogP contribution is -2.18. The Hall–Kier alpha value is -1.32. The van der Waals surface area contributed by atoms with E-state index in [2.05, 4.69) is 26.0 Å². The normalized spacial score (nSPS) is 12.2. The monoisotopic (exact) mass is 593 g/mol.